The predicted octanol–water partition coefficient (Wildman–Crippen LogP) is 1.98. The Labute approximate surface area is 160 Å². The standard InChI is InChI=1S/C20H24N2O4S/c1-26-18-11-9-17(10-12-18)21-20(23)16-7-6-8-19(15-16)27(24,25)22-13-4-2-3-5-14-22/h6-12,15H,2-5,13-14H2,1H3,(H,21,23)/p+1. The van der Waals surface area contributed by atoms with Crippen LogP contribution < -0.4 is 9.73 Å². The molecule has 1 fully saturated rings. The third-order valence-corrected chi connectivity index (χ3v) is 6.56. The van der Waals surface area contributed by atoms with Crippen LogP contribution in [0.2, 0.25) is 0 Å². The van der Waals surface area contributed by atoms with Crippen LogP contribution in [0.3, 0.4) is 0 Å². The predicted molar refractivity (Wildman–Crippen MR) is 104 cm³/mol. The van der Waals surface area contributed by atoms with Crippen LogP contribution in [0, 0.1) is 0 Å². The van der Waals surface area contributed by atoms with Gasteiger partial charge in [0.15, 0.2) is 0 Å². The van der Waals surface area contributed by atoms with Gasteiger partial charge in [-0.25, -0.2) is 8.42 Å². The summed E-state index contributed by atoms with van der Waals surface area (Å²) >= 11 is 0. The van der Waals surface area contributed by atoms with Crippen molar-refractivity contribution in [1.82, 2.24) is 4.31 Å². The number of nitrogens with zero attached hydrogens (tertiary/aromatic N) is 1. The zero-order valence-corrected chi connectivity index (χ0v) is 16.2. The monoisotopic (exact) mass is 389 g/mol. The normalized spacial score (nSPS) is 16.7. The largest absolute Gasteiger partial charge is 0.497 e. The molecule has 3 rings (SSSR count). The molecule has 0 saturated carbocycles. The van der Waals surface area contributed by atoms with E-state index in [1.165, 1.54) is 6.07 Å². The second kappa shape index (κ2) is 8.54. The van der Waals surface area contributed by atoms with E-state index in [9.17, 15) is 13.5 Å². The number of sulfonamides is 1. The minimum absolute atomic E-state index is 0.104. The molecule has 0 aliphatic carbocycles. The first-order chi connectivity index (χ1) is 13.0. The molecule has 0 spiro atoms. The molecule has 1 aliphatic heterocycles. The first kappa shape index (κ1) is 19.4. The molecule has 6 nitrogen and oxygen atoms in total. The molecule has 7 heteroatoms. The molecule has 1 aliphatic rings. The molecular formula is C20H25N2O4S+. The van der Waals surface area contributed by atoms with Crippen LogP contribution in [-0.2, 0) is 10.0 Å². The molecule has 2 N–H and O–H groups in total. The van der Waals surface area contributed by atoms with Crippen molar-refractivity contribution >= 4 is 21.6 Å². The summed E-state index contributed by atoms with van der Waals surface area (Å²) in [7, 11) is -1.97. The van der Waals surface area contributed by atoms with Crippen molar-refractivity contribution in [2.75, 3.05) is 20.2 Å². The van der Waals surface area contributed by atoms with Gasteiger partial charge in [0, 0.05) is 25.2 Å². The molecule has 0 aromatic heterocycles. The van der Waals surface area contributed by atoms with E-state index in [-0.39, 0.29) is 10.8 Å². The number of aliphatic hydroxyl groups is 1. The summed E-state index contributed by atoms with van der Waals surface area (Å²) in [5.41, 5.74) is 1.09. The Balaban J connectivity index is 1.86. The molecule has 0 amide bonds. The molecule has 1 saturated heterocycles. The molecule has 2 aromatic carbocycles. The van der Waals surface area contributed by atoms with E-state index in [2.05, 4.69) is 4.99 Å². The number of benzene rings is 2. The summed E-state index contributed by atoms with van der Waals surface area (Å²) in [5.74, 6) is 0.610. The summed E-state index contributed by atoms with van der Waals surface area (Å²) in [6.07, 6.45) is 3.89. The van der Waals surface area contributed by atoms with Crippen molar-refractivity contribution in [3.8, 4) is 5.75 Å². The van der Waals surface area contributed by atoms with Gasteiger partial charge in [-0.3, -0.25) is 0 Å². The third-order valence-electron chi connectivity index (χ3n) is 4.66. The maximum Gasteiger partial charge on any atom is 0.371 e. The number of hydrogen-bond donors (Lipinski definition) is 2. The summed E-state index contributed by atoms with van der Waals surface area (Å²) in [6, 6.07) is 13.5. The van der Waals surface area contributed by atoms with E-state index in [0.29, 0.717) is 30.1 Å². The van der Waals surface area contributed by atoms with Crippen LogP contribution in [0.1, 0.15) is 31.2 Å². The van der Waals surface area contributed by atoms with Gasteiger partial charge in [0.25, 0.3) is 0 Å². The van der Waals surface area contributed by atoms with E-state index in [1.54, 1.807) is 53.9 Å². The number of ether oxygens (including phenoxy) is 1. The van der Waals surface area contributed by atoms with Crippen molar-refractivity contribution in [1.29, 1.82) is 0 Å². The Morgan fingerprint density at radius 2 is 1.70 bits per heavy atom. The van der Waals surface area contributed by atoms with Crippen LogP contribution in [0.5, 0.6) is 5.75 Å². The highest BCUT2D eigenvalue weighted by atomic mass is 32.2. The zero-order valence-electron chi connectivity index (χ0n) is 15.4. The fourth-order valence-electron chi connectivity index (χ4n) is 3.12. The fraction of sp³-hybridized carbons (Fsp3) is 0.350. The first-order valence-electron chi connectivity index (χ1n) is 9.08. The van der Waals surface area contributed by atoms with Gasteiger partial charge in [0.2, 0.25) is 15.7 Å². The van der Waals surface area contributed by atoms with Gasteiger partial charge >= 0.3 is 5.90 Å². The maximum atomic E-state index is 12.9. The summed E-state index contributed by atoms with van der Waals surface area (Å²) in [6.45, 7) is 1.10. The molecule has 0 atom stereocenters. The number of nitrogens with one attached hydrogen (secondary N) is 1. The fourth-order valence-corrected chi connectivity index (χ4v) is 4.68. The second-order valence-corrected chi connectivity index (χ2v) is 8.49. The third kappa shape index (κ3) is 4.67. The molecule has 1 heterocycles. The molecule has 0 radical (unpaired) electrons. The Morgan fingerprint density at radius 1 is 1.04 bits per heavy atom. The lowest BCUT2D eigenvalue weighted by Crippen LogP contribution is -2.66. The Kier molecular flexibility index (Phi) is 6.13. The van der Waals surface area contributed by atoms with Crippen LogP contribution in [0.15, 0.2) is 53.4 Å². The van der Waals surface area contributed by atoms with E-state index in [0.717, 1.165) is 25.7 Å². The Hall–Kier alpha value is -2.38. The zero-order chi connectivity index (χ0) is 19.3. The number of aliphatic hydroxyl groups excluding tert-OH is 1. The van der Waals surface area contributed by atoms with Gasteiger partial charge in [-0.2, -0.15) is 9.30 Å². The first-order valence-corrected chi connectivity index (χ1v) is 10.5. The minimum Gasteiger partial charge on any atom is -0.497 e. The van der Waals surface area contributed by atoms with Gasteiger partial charge in [-0.05, 0) is 43.2 Å². The number of rotatable bonds is 5. The molecule has 0 unspecified atom stereocenters. The summed E-state index contributed by atoms with van der Waals surface area (Å²) in [5, 5.41) is 10.4. The van der Waals surface area contributed by atoms with Crippen LogP contribution >= 0.6 is 0 Å². The van der Waals surface area contributed by atoms with Gasteiger partial charge in [-0.1, -0.05) is 18.9 Å². The quantitative estimate of drug-likeness (QED) is 0.605. The smallest absolute Gasteiger partial charge is 0.371 e. The van der Waals surface area contributed by atoms with E-state index in [4.69, 9.17) is 4.74 Å². The topological polar surface area (TPSA) is 80.8 Å². The number of hydrogen-bond acceptors (Lipinski definition) is 3. The number of methoxy groups -OCH3 is 1. The van der Waals surface area contributed by atoms with Gasteiger partial charge in [-0.15, -0.1) is 0 Å². The molecule has 2 aromatic rings. The Morgan fingerprint density at radius 3 is 2.33 bits per heavy atom. The van der Waals surface area contributed by atoms with Crippen molar-refractivity contribution < 1.29 is 23.3 Å². The van der Waals surface area contributed by atoms with Crippen LogP contribution in [-0.4, -0.2) is 43.9 Å². The van der Waals surface area contributed by atoms with Gasteiger partial charge in [0.05, 0.1) is 17.6 Å². The van der Waals surface area contributed by atoms with E-state index >= 15 is 0 Å². The van der Waals surface area contributed by atoms with E-state index in [1.807, 2.05) is 0 Å². The molecule has 27 heavy (non-hydrogen) atoms. The second-order valence-electron chi connectivity index (χ2n) is 6.55. The van der Waals surface area contributed by atoms with Crippen molar-refractivity contribution in [2.45, 2.75) is 30.6 Å². The maximum absolute atomic E-state index is 12.9. The van der Waals surface area contributed by atoms with Crippen LogP contribution in [0.25, 0.3) is 0 Å². The highest BCUT2D eigenvalue weighted by Crippen LogP contribution is 2.21. The summed E-state index contributed by atoms with van der Waals surface area (Å²) in [4.78, 5) is 3.08. The van der Waals surface area contributed by atoms with Crippen molar-refractivity contribution in [3.05, 3.63) is 54.1 Å². The van der Waals surface area contributed by atoms with Crippen molar-refractivity contribution in [3.63, 3.8) is 0 Å². The average molecular weight is 389 g/mol. The molecule has 144 valence electrons. The van der Waals surface area contributed by atoms with Gasteiger partial charge in [0.1, 0.15) is 5.75 Å². The average Bonchev–Trinajstić information content (AvgIpc) is 2.99. The SMILES string of the molecule is COc1ccc([NH+]=C(O)c2cccc(S(=O)(=O)N3CCCCCC3)c2)cc1. The lowest BCUT2D eigenvalue weighted by Gasteiger charge is -2.20. The molecular weight excluding hydrogens is 364 g/mol. The molecule has 0 bridgehead atoms. The van der Waals surface area contributed by atoms with Crippen molar-refractivity contribution in [2.24, 2.45) is 0 Å². The highest BCUT2D eigenvalue weighted by Gasteiger charge is 2.26. The lowest BCUT2D eigenvalue weighted by molar-refractivity contribution is -0.364. The van der Waals surface area contributed by atoms with Crippen LogP contribution in [0.4, 0.5) is 5.69 Å². The summed E-state index contributed by atoms with van der Waals surface area (Å²) < 4.78 is 32.5. The van der Waals surface area contributed by atoms with Gasteiger partial charge < -0.3 is 9.84 Å². The highest BCUT2D eigenvalue weighted by molar-refractivity contribution is 7.89. The minimum atomic E-state index is -3.56. The Bertz CT molecular complexity index is 900. The lowest BCUT2D eigenvalue weighted by atomic mass is 10.2. The van der Waals surface area contributed by atoms with E-state index < -0.39 is 10.0 Å².